The normalized spacial score (nSPS) is 13.2. The molecular weight excluding hydrogens is 1140 g/mol. The van der Waals surface area contributed by atoms with Gasteiger partial charge in [-0.25, -0.2) is 4.98 Å². The molecule has 0 aromatic carbocycles. The van der Waals surface area contributed by atoms with Gasteiger partial charge >= 0.3 is 0 Å². The molecule has 3 heterocycles. The Morgan fingerprint density at radius 2 is 0.789 bits per heavy atom. The maximum absolute atomic E-state index is 8.61. The van der Waals surface area contributed by atoms with E-state index in [9.17, 15) is 0 Å². The lowest BCUT2D eigenvalue weighted by Gasteiger charge is -2.34. The summed E-state index contributed by atoms with van der Waals surface area (Å²) in [6.45, 7) is 40.9. The summed E-state index contributed by atoms with van der Waals surface area (Å²) in [7, 11) is 8.31. The molecule has 0 atom stereocenters. The van der Waals surface area contributed by atoms with Gasteiger partial charge in [0.05, 0.1) is 32.8 Å². The lowest BCUT2D eigenvalue weighted by Crippen LogP contribution is -2.47. The number of rotatable bonds is 46. The van der Waals surface area contributed by atoms with Gasteiger partial charge in [-0.2, -0.15) is 0 Å². The minimum atomic E-state index is 0.143. The molecule has 1 aromatic heterocycles. The van der Waals surface area contributed by atoms with E-state index in [0.29, 0.717) is 19.6 Å². The van der Waals surface area contributed by atoms with Gasteiger partial charge in [-0.15, -0.1) is 0 Å². The van der Waals surface area contributed by atoms with Gasteiger partial charge in [0.1, 0.15) is 0 Å². The van der Waals surface area contributed by atoms with Crippen molar-refractivity contribution in [1.29, 1.82) is 0 Å². The summed E-state index contributed by atoms with van der Waals surface area (Å²) >= 11 is 0. The summed E-state index contributed by atoms with van der Waals surface area (Å²) in [5, 5.41) is 20.6. The van der Waals surface area contributed by atoms with Crippen LogP contribution in [0.2, 0.25) is 0 Å². The summed E-state index contributed by atoms with van der Waals surface area (Å²) in [5.41, 5.74) is 69.4. The summed E-state index contributed by atoms with van der Waals surface area (Å²) in [5.74, 6) is 0. The average Bonchev–Trinajstić information content (AvgIpc) is 4.26. The monoisotopic (exact) mass is 1300 g/mol. The molecule has 548 valence electrons. The molecule has 0 bridgehead atoms. The first kappa shape index (κ1) is 99.3. The Labute approximate surface area is 554 Å². The van der Waals surface area contributed by atoms with Gasteiger partial charge in [-0.3, -0.25) is 9.80 Å². The van der Waals surface area contributed by atoms with Gasteiger partial charge in [0, 0.05) is 111 Å². The number of aliphatic hydroxyl groups is 2. The van der Waals surface area contributed by atoms with E-state index < -0.39 is 0 Å². The number of morpholine rings is 1. The van der Waals surface area contributed by atoms with Crippen LogP contribution in [-0.2, 0) is 11.3 Å². The predicted octanol–water partition coefficient (Wildman–Crippen LogP) is -2.71. The summed E-state index contributed by atoms with van der Waals surface area (Å²) < 4.78 is 7.18. The van der Waals surface area contributed by atoms with E-state index in [4.69, 9.17) is 89.5 Å². The number of imidazole rings is 1. The number of hydrogen-bond acceptors (Lipinski definition) is 26. The Kier molecular flexibility index (Phi) is 98.5. The summed E-state index contributed by atoms with van der Waals surface area (Å²) in [6, 6.07) is 0. The third kappa shape index (κ3) is 88.3. The van der Waals surface area contributed by atoms with E-state index in [-0.39, 0.29) is 13.2 Å². The Morgan fingerprint density at radius 3 is 1.18 bits per heavy atom. The van der Waals surface area contributed by atoms with Crippen LogP contribution in [0.25, 0.3) is 0 Å². The molecule has 2 fully saturated rings. The zero-order valence-corrected chi connectivity index (χ0v) is 59.7. The molecular formula is C63H158N24O3. The van der Waals surface area contributed by atoms with Crippen LogP contribution in [0.5, 0.6) is 0 Å². The van der Waals surface area contributed by atoms with E-state index >= 15 is 0 Å². The van der Waals surface area contributed by atoms with Crippen LogP contribution in [0.3, 0.4) is 0 Å². The highest BCUT2D eigenvalue weighted by Gasteiger charge is 2.15. The summed E-state index contributed by atoms with van der Waals surface area (Å²) in [6.07, 6.45) is 21.4. The second kappa shape index (κ2) is 89.3. The van der Waals surface area contributed by atoms with Gasteiger partial charge in [0.15, 0.2) is 0 Å². The van der Waals surface area contributed by atoms with Crippen LogP contribution in [0, 0.1) is 0 Å². The number of nitrogens with zero attached hydrogens (tertiary/aromatic N) is 10. The van der Waals surface area contributed by atoms with Gasteiger partial charge < -0.3 is 129 Å². The number of piperazine rings is 1. The van der Waals surface area contributed by atoms with Crippen LogP contribution >= 0.6 is 0 Å². The van der Waals surface area contributed by atoms with Crippen LogP contribution in [-0.4, -0.2) is 343 Å². The average molecular weight is 1300 g/mol. The zero-order chi connectivity index (χ0) is 68.6. The molecule has 2 aliphatic rings. The van der Waals surface area contributed by atoms with Crippen molar-refractivity contribution in [3.05, 3.63) is 18.7 Å². The Hall–Kier alpha value is -1.79. The minimum absolute atomic E-state index is 0.143. The second-order valence-electron chi connectivity index (χ2n) is 22.6. The second-order valence-corrected chi connectivity index (χ2v) is 22.6. The van der Waals surface area contributed by atoms with Crippen molar-refractivity contribution < 1.29 is 14.9 Å². The topological polar surface area (TPSA) is 444 Å². The summed E-state index contributed by atoms with van der Waals surface area (Å²) in [4.78, 5) is 22.3. The van der Waals surface area contributed by atoms with Crippen molar-refractivity contribution in [2.45, 2.75) is 110 Å². The highest BCUT2D eigenvalue weighted by molar-refractivity contribution is 4.74. The molecule has 27 heteroatoms. The molecule has 0 amide bonds. The fourth-order valence-corrected chi connectivity index (χ4v) is 8.42. The number of unbranched alkanes of at least 4 members (excludes halogenated alkanes) is 4. The van der Waals surface area contributed by atoms with Crippen LogP contribution in [0.4, 0.5) is 0 Å². The van der Waals surface area contributed by atoms with Gasteiger partial charge in [-0.1, -0.05) is 26.7 Å². The lowest BCUT2D eigenvalue weighted by molar-refractivity contribution is 0.0394. The number of ether oxygens (including phenoxy) is 1. The van der Waals surface area contributed by atoms with Crippen molar-refractivity contribution in [1.82, 2.24) is 54.1 Å². The Bertz CT molecular complexity index is 1270. The van der Waals surface area contributed by atoms with Gasteiger partial charge in [-0.05, 0) is 243 Å². The quantitative estimate of drug-likeness (QED) is 0.0295. The lowest BCUT2D eigenvalue weighted by atomic mass is 10.2. The van der Waals surface area contributed by atoms with Gasteiger partial charge in [0.2, 0.25) is 0 Å². The minimum Gasteiger partial charge on any atom is -0.395 e. The first-order valence-electron chi connectivity index (χ1n) is 34.9. The molecule has 2 saturated heterocycles. The molecule has 90 heavy (non-hydrogen) atoms. The van der Waals surface area contributed by atoms with Crippen molar-refractivity contribution in [3.63, 3.8) is 0 Å². The van der Waals surface area contributed by atoms with E-state index in [0.717, 1.165) is 228 Å². The van der Waals surface area contributed by atoms with E-state index in [1.54, 1.807) is 12.5 Å². The Balaban J connectivity index is -0.000000222. The molecule has 27 nitrogen and oxygen atoms in total. The highest BCUT2D eigenvalue weighted by Crippen LogP contribution is 2.03. The largest absolute Gasteiger partial charge is 0.395 e. The SMILES string of the molecule is CCN(CC)CCCCCN.CN(C)CCCNCCCN.CN(CCCN)CCCN.CN(CCN)CCN.NCCCCCN.NCCCN(CCO)CCO.NCCCN1CCN(CCCN)CC1.NCCCn1ccnc1.NCCN1CCOCC1. The highest BCUT2D eigenvalue weighted by atomic mass is 16.5. The maximum Gasteiger partial charge on any atom is 0.0945 e. The smallest absolute Gasteiger partial charge is 0.0945 e. The molecule has 0 saturated carbocycles. The van der Waals surface area contributed by atoms with Crippen LogP contribution in [0.15, 0.2) is 18.7 Å². The number of hydrogen-bond donors (Lipinski definition) is 16. The zero-order valence-electron chi connectivity index (χ0n) is 59.7. The van der Waals surface area contributed by atoms with E-state index in [1.165, 1.54) is 91.0 Å². The molecule has 2 aliphatic heterocycles. The molecule has 3 rings (SSSR count). The third-order valence-corrected chi connectivity index (χ3v) is 14.1. The molecule has 0 radical (unpaired) electrons. The third-order valence-electron chi connectivity index (χ3n) is 14.1. The van der Waals surface area contributed by atoms with E-state index in [2.05, 4.69) is 79.6 Å². The molecule has 0 unspecified atom stereocenters. The maximum atomic E-state index is 8.61. The fraction of sp³-hybridized carbons (Fsp3) is 0.952. The number of aliphatic hydroxyl groups excluding tert-OH is 2. The van der Waals surface area contributed by atoms with Gasteiger partial charge in [0.25, 0.3) is 0 Å². The molecule has 29 N–H and O–H groups in total. The number of likely N-dealkylation sites (N-methyl/N-ethyl adjacent to an activating group) is 1. The standard InChI is InChI=1S/C10H24N4.C9H22N2.C8H21N3.C7H19N3.C7H18N2O2.C6H11N3.C6H14N2O.C5H15N3.C5H14N2/c11-3-1-5-13-7-9-14(10-8-13)6-2-4-12;1-3-11(4-2)9-7-5-6-8-10;1-11(2)8-4-7-10-6-3-5-9;1-10(6-2-4-8)7-3-5-9;8-2-1-3-9(4-6-10)5-7-11;7-2-1-4-9-5-3-8-6-9;7-1-2-8-3-5-9-6-4-8;1-8(4-2-6)5-3-7;6-4-2-1-3-5-7/h1-12H2;3-10H2,1-2H3;10H,3-9H2,1-2H3;2-9H2,1H3;10-11H,1-8H2;3,5-6H,1-2,4,7H2;1-7H2;2-7H2,1H3;1-7H2. The first-order chi connectivity index (χ1) is 43.7. The number of nitrogens with one attached hydrogen (secondary N) is 1. The van der Waals surface area contributed by atoms with E-state index in [1.807, 2.05) is 22.7 Å². The van der Waals surface area contributed by atoms with Crippen LogP contribution in [0.1, 0.15) is 104 Å². The number of aromatic nitrogens is 2. The van der Waals surface area contributed by atoms with Crippen molar-refractivity contribution >= 4 is 0 Å². The first-order valence-corrected chi connectivity index (χ1v) is 34.9. The van der Waals surface area contributed by atoms with Crippen molar-refractivity contribution in [2.24, 2.45) is 74.5 Å². The number of nitrogens with two attached hydrogens (primary N) is 13. The van der Waals surface area contributed by atoms with Crippen molar-refractivity contribution in [3.8, 4) is 0 Å². The van der Waals surface area contributed by atoms with Crippen molar-refractivity contribution in [2.75, 3.05) is 284 Å². The Morgan fingerprint density at radius 1 is 0.389 bits per heavy atom. The molecule has 0 spiro atoms. The predicted molar refractivity (Wildman–Crippen MR) is 390 cm³/mol. The molecule has 0 aliphatic carbocycles. The van der Waals surface area contributed by atoms with Crippen LogP contribution < -0.4 is 79.9 Å². The fourth-order valence-electron chi connectivity index (χ4n) is 8.42. The molecule has 1 aromatic rings. The number of aryl methyl sites for hydroxylation is 1.